The van der Waals surface area contributed by atoms with Crippen molar-refractivity contribution in [2.75, 3.05) is 13.7 Å². The number of amides is 1. The van der Waals surface area contributed by atoms with Gasteiger partial charge >= 0.3 is 0 Å². The van der Waals surface area contributed by atoms with Crippen LogP contribution in [0.3, 0.4) is 0 Å². The van der Waals surface area contributed by atoms with Crippen molar-refractivity contribution in [1.29, 1.82) is 0 Å². The second-order valence-electron chi connectivity index (χ2n) is 5.81. The van der Waals surface area contributed by atoms with Crippen LogP contribution in [0.1, 0.15) is 24.5 Å². The molecule has 1 atom stereocenters. The first-order valence-electron chi connectivity index (χ1n) is 7.76. The van der Waals surface area contributed by atoms with Crippen LogP contribution in [0, 0.1) is 5.82 Å². The predicted octanol–water partition coefficient (Wildman–Crippen LogP) is 4.09. The lowest BCUT2D eigenvalue weighted by Crippen LogP contribution is -2.40. The molecule has 0 aliphatic rings. The molecule has 2 rings (SSSR count). The van der Waals surface area contributed by atoms with Crippen LogP contribution in [-0.2, 0) is 21.6 Å². The van der Waals surface area contributed by atoms with Crippen LogP contribution in [0.15, 0.2) is 48.5 Å². The Morgan fingerprint density at radius 3 is 2.67 bits per heavy atom. The average Bonchev–Trinajstić information content (AvgIpc) is 2.59. The Morgan fingerprint density at radius 1 is 1.25 bits per heavy atom. The number of carbonyl (C=O) groups is 1. The van der Waals surface area contributed by atoms with Crippen molar-refractivity contribution in [3.63, 3.8) is 0 Å². The fourth-order valence-electron chi connectivity index (χ4n) is 2.41. The molecule has 5 heteroatoms. The van der Waals surface area contributed by atoms with E-state index in [1.165, 1.54) is 6.07 Å². The zero-order chi connectivity index (χ0) is 17.6. The summed E-state index contributed by atoms with van der Waals surface area (Å²) in [6, 6.07) is 13.8. The number of benzene rings is 2. The van der Waals surface area contributed by atoms with Crippen LogP contribution < -0.4 is 5.32 Å². The van der Waals surface area contributed by atoms with Gasteiger partial charge in [0.25, 0.3) is 0 Å². The van der Waals surface area contributed by atoms with E-state index in [2.05, 4.69) is 5.32 Å². The number of aryl methyl sites for hydroxylation is 1. The number of carbonyl (C=O) groups excluding carboxylic acids is 1. The van der Waals surface area contributed by atoms with Crippen molar-refractivity contribution in [2.45, 2.75) is 25.4 Å². The monoisotopic (exact) mass is 349 g/mol. The van der Waals surface area contributed by atoms with Gasteiger partial charge in [-0.15, -0.1) is 0 Å². The third kappa shape index (κ3) is 4.79. The SMILES string of the molecule is CO[C@@](C)(CNC(=O)CCc1ccccc1F)c1cccc(Cl)c1. The number of rotatable bonds is 7. The Morgan fingerprint density at radius 2 is 2.00 bits per heavy atom. The van der Waals surface area contributed by atoms with E-state index in [0.29, 0.717) is 23.6 Å². The van der Waals surface area contributed by atoms with Gasteiger partial charge in [-0.1, -0.05) is 41.9 Å². The molecule has 1 amide bonds. The summed E-state index contributed by atoms with van der Waals surface area (Å²) in [5.74, 6) is -0.436. The molecule has 0 aliphatic carbocycles. The first-order chi connectivity index (χ1) is 11.4. The molecule has 0 unspecified atom stereocenters. The molecule has 2 aromatic rings. The van der Waals surface area contributed by atoms with Crippen LogP contribution in [0.5, 0.6) is 0 Å². The van der Waals surface area contributed by atoms with E-state index in [1.54, 1.807) is 31.4 Å². The molecule has 0 bridgehead atoms. The van der Waals surface area contributed by atoms with Gasteiger partial charge in [-0.3, -0.25) is 4.79 Å². The maximum absolute atomic E-state index is 13.6. The first-order valence-corrected chi connectivity index (χ1v) is 8.14. The third-order valence-electron chi connectivity index (χ3n) is 4.09. The molecule has 0 saturated heterocycles. The molecule has 3 nitrogen and oxygen atoms in total. The minimum Gasteiger partial charge on any atom is -0.372 e. The zero-order valence-electron chi connectivity index (χ0n) is 13.8. The molecule has 0 radical (unpaired) electrons. The van der Waals surface area contributed by atoms with Crippen molar-refractivity contribution in [2.24, 2.45) is 0 Å². The summed E-state index contributed by atoms with van der Waals surface area (Å²) in [6.07, 6.45) is 0.579. The Kier molecular flexibility index (Phi) is 6.35. The quantitative estimate of drug-likeness (QED) is 0.817. The Bertz CT molecular complexity index is 707. The van der Waals surface area contributed by atoms with Crippen molar-refractivity contribution in [1.82, 2.24) is 5.32 Å². The topological polar surface area (TPSA) is 38.3 Å². The maximum Gasteiger partial charge on any atom is 0.220 e. The van der Waals surface area contributed by atoms with E-state index in [9.17, 15) is 9.18 Å². The van der Waals surface area contributed by atoms with Crippen molar-refractivity contribution in [3.8, 4) is 0 Å². The summed E-state index contributed by atoms with van der Waals surface area (Å²) in [5.41, 5.74) is 0.738. The van der Waals surface area contributed by atoms with E-state index >= 15 is 0 Å². The van der Waals surface area contributed by atoms with E-state index in [-0.39, 0.29) is 18.1 Å². The summed E-state index contributed by atoms with van der Waals surface area (Å²) < 4.78 is 19.1. The number of hydrogen-bond acceptors (Lipinski definition) is 2. The standard InChI is InChI=1S/C19H21ClFNO2/c1-19(24-2,15-7-5-8-16(20)12-15)13-22-18(23)11-10-14-6-3-4-9-17(14)21/h3-9,12H,10-11,13H2,1-2H3,(H,22,23)/t19-/m0/s1. The molecule has 0 fully saturated rings. The molecule has 0 saturated carbocycles. The van der Waals surface area contributed by atoms with Crippen molar-refractivity contribution >= 4 is 17.5 Å². The summed E-state index contributed by atoms with van der Waals surface area (Å²) in [7, 11) is 1.59. The number of ether oxygens (including phenoxy) is 1. The molecule has 0 aliphatic heterocycles. The van der Waals surface area contributed by atoms with Gasteiger partial charge in [0.15, 0.2) is 0 Å². The molecule has 2 aromatic carbocycles. The largest absolute Gasteiger partial charge is 0.372 e. The minimum absolute atomic E-state index is 0.149. The fourth-order valence-corrected chi connectivity index (χ4v) is 2.60. The van der Waals surface area contributed by atoms with Gasteiger partial charge in [0.05, 0.1) is 6.54 Å². The van der Waals surface area contributed by atoms with E-state index in [0.717, 1.165) is 5.56 Å². The molecule has 0 heterocycles. The highest BCUT2D eigenvalue weighted by Crippen LogP contribution is 2.26. The van der Waals surface area contributed by atoms with Gasteiger partial charge in [0, 0.05) is 18.6 Å². The number of halogens is 2. The molecule has 128 valence electrons. The van der Waals surface area contributed by atoms with E-state index in [4.69, 9.17) is 16.3 Å². The molecular weight excluding hydrogens is 329 g/mol. The Balaban J connectivity index is 1.93. The highest BCUT2D eigenvalue weighted by Gasteiger charge is 2.27. The van der Waals surface area contributed by atoms with E-state index < -0.39 is 5.60 Å². The van der Waals surface area contributed by atoms with Crippen LogP contribution in [-0.4, -0.2) is 19.6 Å². The van der Waals surface area contributed by atoms with Crippen LogP contribution in [0.2, 0.25) is 5.02 Å². The molecule has 24 heavy (non-hydrogen) atoms. The second-order valence-corrected chi connectivity index (χ2v) is 6.25. The fraction of sp³-hybridized carbons (Fsp3) is 0.316. The lowest BCUT2D eigenvalue weighted by Gasteiger charge is -2.29. The normalized spacial score (nSPS) is 13.3. The van der Waals surface area contributed by atoms with Gasteiger partial charge in [-0.25, -0.2) is 4.39 Å². The van der Waals surface area contributed by atoms with Gasteiger partial charge in [0.1, 0.15) is 11.4 Å². The lowest BCUT2D eigenvalue weighted by atomic mass is 9.95. The van der Waals surface area contributed by atoms with Gasteiger partial charge in [0.2, 0.25) is 5.91 Å². The molecular formula is C19H21ClFNO2. The lowest BCUT2D eigenvalue weighted by molar-refractivity contribution is -0.122. The Labute approximate surface area is 146 Å². The van der Waals surface area contributed by atoms with Crippen LogP contribution in [0.4, 0.5) is 4.39 Å². The van der Waals surface area contributed by atoms with Crippen LogP contribution in [0.25, 0.3) is 0 Å². The first kappa shape index (κ1) is 18.4. The maximum atomic E-state index is 13.6. The van der Waals surface area contributed by atoms with Crippen LogP contribution >= 0.6 is 11.6 Å². The van der Waals surface area contributed by atoms with Gasteiger partial charge in [-0.2, -0.15) is 0 Å². The number of methoxy groups -OCH3 is 1. The summed E-state index contributed by atoms with van der Waals surface area (Å²) in [5, 5.41) is 3.47. The minimum atomic E-state index is -0.682. The van der Waals surface area contributed by atoms with Gasteiger partial charge < -0.3 is 10.1 Å². The highest BCUT2D eigenvalue weighted by molar-refractivity contribution is 6.30. The van der Waals surface area contributed by atoms with Gasteiger partial charge in [-0.05, 0) is 42.7 Å². The third-order valence-corrected chi connectivity index (χ3v) is 4.32. The Hall–Kier alpha value is -1.91. The average molecular weight is 350 g/mol. The molecule has 0 spiro atoms. The second kappa shape index (κ2) is 8.27. The molecule has 1 N–H and O–H groups in total. The summed E-state index contributed by atoms with van der Waals surface area (Å²) >= 11 is 6.02. The van der Waals surface area contributed by atoms with Crippen molar-refractivity contribution < 1.29 is 13.9 Å². The number of nitrogens with one attached hydrogen (secondary N) is 1. The smallest absolute Gasteiger partial charge is 0.220 e. The summed E-state index contributed by atoms with van der Waals surface area (Å²) in [4.78, 5) is 12.1. The zero-order valence-corrected chi connectivity index (χ0v) is 14.6. The highest BCUT2D eigenvalue weighted by atomic mass is 35.5. The molecule has 0 aromatic heterocycles. The predicted molar refractivity (Wildman–Crippen MR) is 93.5 cm³/mol. The van der Waals surface area contributed by atoms with Crippen molar-refractivity contribution in [3.05, 3.63) is 70.5 Å². The number of hydrogen-bond donors (Lipinski definition) is 1. The van der Waals surface area contributed by atoms with E-state index in [1.807, 2.05) is 25.1 Å². The summed E-state index contributed by atoms with van der Waals surface area (Å²) in [6.45, 7) is 2.19.